The lowest BCUT2D eigenvalue weighted by atomic mass is 10.1. The summed E-state index contributed by atoms with van der Waals surface area (Å²) in [5, 5.41) is 19.2. The molecule has 8 nitrogen and oxygen atoms in total. The summed E-state index contributed by atoms with van der Waals surface area (Å²) >= 11 is 0. The molecule has 2 atom stereocenters. The summed E-state index contributed by atoms with van der Waals surface area (Å²) in [4.78, 5) is 12.9. The molecule has 21 heavy (non-hydrogen) atoms. The molecule has 1 heterocycles. The number of likely N-dealkylation sites (N-methyl/N-ethyl adjacent to an activating group) is 1. The number of carboxylic acids is 1. The highest BCUT2D eigenvalue weighted by atomic mass is 32.2. The van der Waals surface area contributed by atoms with Gasteiger partial charge in [0, 0.05) is 19.6 Å². The molecule has 0 aliphatic carbocycles. The van der Waals surface area contributed by atoms with Crippen LogP contribution in [0.25, 0.3) is 0 Å². The van der Waals surface area contributed by atoms with Gasteiger partial charge < -0.3 is 15.1 Å². The third kappa shape index (κ3) is 5.51. The van der Waals surface area contributed by atoms with E-state index in [1.165, 1.54) is 6.92 Å². The van der Waals surface area contributed by atoms with Crippen LogP contribution in [0.2, 0.25) is 0 Å². The molecular formula is C12H25N3O5S. The van der Waals surface area contributed by atoms with Gasteiger partial charge in [-0.3, -0.25) is 4.79 Å². The average Bonchev–Trinajstić information content (AvgIpc) is 2.35. The number of piperidine rings is 1. The SMILES string of the molecule is CN(C)CC(C)(O)CNS(=O)(=O)N1CCCCC1C(=O)O. The predicted molar refractivity (Wildman–Crippen MR) is 78.1 cm³/mol. The van der Waals surface area contributed by atoms with Gasteiger partial charge in [-0.25, -0.2) is 0 Å². The third-order valence-corrected chi connectivity index (χ3v) is 4.90. The molecule has 124 valence electrons. The zero-order valence-corrected chi connectivity index (χ0v) is 13.6. The van der Waals surface area contributed by atoms with Gasteiger partial charge in [-0.15, -0.1) is 0 Å². The number of aliphatic hydroxyl groups is 1. The smallest absolute Gasteiger partial charge is 0.322 e. The Bertz CT molecular complexity index is 464. The van der Waals surface area contributed by atoms with Crippen molar-refractivity contribution >= 4 is 16.2 Å². The van der Waals surface area contributed by atoms with Crippen molar-refractivity contribution in [2.75, 3.05) is 33.7 Å². The molecular weight excluding hydrogens is 298 g/mol. The van der Waals surface area contributed by atoms with E-state index >= 15 is 0 Å². The molecule has 0 bridgehead atoms. The van der Waals surface area contributed by atoms with E-state index in [0.717, 1.165) is 4.31 Å². The minimum absolute atomic E-state index is 0.170. The van der Waals surface area contributed by atoms with Crippen molar-refractivity contribution in [3.05, 3.63) is 0 Å². The Balaban J connectivity index is 2.73. The maximum atomic E-state index is 12.3. The number of hydrogen-bond donors (Lipinski definition) is 3. The number of rotatable bonds is 7. The molecule has 3 N–H and O–H groups in total. The fourth-order valence-electron chi connectivity index (χ4n) is 2.51. The third-order valence-electron chi connectivity index (χ3n) is 3.34. The van der Waals surface area contributed by atoms with E-state index in [-0.39, 0.29) is 19.6 Å². The zero-order chi connectivity index (χ0) is 16.3. The second kappa shape index (κ2) is 7.01. The molecule has 0 amide bonds. The van der Waals surface area contributed by atoms with Crippen molar-refractivity contribution < 1.29 is 23.4 Å². The van der Waals surface area contributed by atoms with Gasteiger partial charge in [0.1, 0.15) is 6.04 Å². The van der Waals surface area contributed by atoms with Crippen LogP contribution in [0.1, 0.15) is 26.2 Å². The highest BCUT2D eigenvalue weighted by Crippen LogP contribution is 2.20. The van der Waals surface area contributed by atoms with Crippen molar-refractivity contribution in [3.8, 4) is 0 Å². The number of nitrogens with zero attached hydrogens (tertiary/aromatic N) is 2. The fraction of sp³-hybridized carbons (Fsp3) is 0.917. The summed E-state index contributed by atoms with van der Waals surface area (Å²) in [6.07, 6.45) is 1.64. The van der Waals surface area contributed by atoms with Gasteiger partial charge in [-0.1, -0.05) is 0 Å². The average molecular weight is 323 g/mol. The van der Waals surface area contributed by atoms with Crippen LogP contribution < -0.4 is 4.72 Å². The Morgan fingerprint density at radius 3 is 2.57 bits per heavy atom. The first-order valence-corrected chi connectivity index (χ1v) is 8.35. The van der Waals surface area contributed by atoms with Crippen LogP contribution in [-0.4, -0.2) is 79.2 Å². The fourth-order valence-corrected chi connectivity index (χ4v) is 4.07. The van der Waals surface area contributed by atoms with Crippen LogP contribution in [0.4, 0.5) is 0 Å². The van der Waals surface area contributed by atoms with Gasteiger partial charge >= 0.3 is 5.97 Å². The van der Waals surface area contributed by atoms with Gasteiger partial charge in [0.05, 0.1) is 5.60 Å². The molecule has 1 saturated heterocycles. The summed E-state index contributed by atoms with van der Waals surface area (Å²) in [5.41, 5.74) is -1.23. The lowest BCUT2D eigenvalue weighted by molar-refractivity contribution is -0.142. The number of carboxylic acid groups (broad SMARTS) is 1. The van der Waals surface area contributed by atoms with Crippen LogP contribution in [0.3, 0.4) is 0 Å². The number of aliphatic carboxylic acids is 1. The molecule has 1 fully saturated rings. The van der Waals surface area contributed by atoms with Crippen LogP contribution >= 0.6 is 0 Å². The molecule has 0 aromatic carbocycles. The van der Waals surface area contributed by atoms with Crippen LogP contribution in [0, 0.1) is 0 Å². The first kappa shape index (κ1) is 18.3. The quantitative estimate of drug-likeness (QED) is 0.558. The Morgan fingerprint density at radius 1 is 1.43 bits per heavy atom. The molecule has 0 spiro atoms. The Labute approximate surface area is 125 Å². The van der Waals surface area contributed by atoms with E-state index in [9.17, 15) is 18.3 Å². The maximum absolute atomic E-state index is 12.3. The van der Waals surface area contributed by atoms with Crippen molar-refractivity contribution in [2.24, 2.45) is 0 Å². The standard InChI is InChI=1S/C12H25N3O5S/c1-12(18,9-14(2)3)8-13-21(19,20)15-7-5-4-6-10(15)11(16)17/h10,13,18H,4-9H2,1-3H3,(H,16,17). The largest absolute Gasteiger partial charge is 0.480 e. The topological polar surface area (TPSA) is 110 Å². The van der Waals surface area contributed by atoms with Crippen molar-refractivity contribution in [2.45, 2.75) is 37.8 Å². The van der Waals surface area contributed by atoms with Gasteiger partial charge in [0.2, 0.25) is 0 Å². The van der Waals surface area contributed by atoms with Crippen molar-refractivity contribution in [3.63, 3.8) is 0 Å². The van der Waals surface area contributed by atoms with E-state index in [4.69, 9.17) is 5.11 Å². The summed E-state index contributed by atoms with van der Waals surface area (Å²) in [6.45, 7) is 1.83. The van der Waals surface area contributed by atoms with Crippen molar-refractivity contribution in [1.29, 1.82) is 0 Å². The van der Waals surface area contributed by atoms with Gasteiger partial charge in [-0.2, -0.15) is 17.4 Å². The summed E-state index contributed by atoms with van der Waals surface area (Å²) in [7, 11) is -0.379. The maximum Gasteiger partial charge on any atom is 0.322 e. The first-order chi connectivity index (χ1) is 9.55. The van der Waals surface area contributed by atoms with E-state index in [0.29, 0.717) is 19.3 Å². The first-order valence-electron chi connectivity index (χ1n) is 6.91. The molecule has 1 aliphatic rings. The molecule has 0 aromatic heterocycles. The minimum atomic E-state index is -3.92. The lowest BCUT2D eigenvalue weighted by Gasteiger charge is -2.33. The second-order valence-corrected chi connectivity index (χ2v) is 7.73. The van der Waals surface area contributed by atoms with Crippen LogP contribution in [0.15, 0.2) is 0 Å². The lowest BCUT2D eigenvalue weighted by Crippen LogP contribution is -2.55. The summed E-state index contributed by atoms with van der Waals surface area (Å²) in [6, 6.07) is -1.03. The van der Waals surface area contributed by atoms with Gasteiger partial charge in [0.25, 0.3) is 10.2 Å². The van der Waals surface area contributed by atoms with E-state index in [1.54, 1.807) is 19.0 Å². The Kier molecular flexibility index (Phi) is 6.11. The monoisotopic (exact) mass is 323 g/mol. The number of hydrogen-bond acceptors (Lipinski definition) is 5. The normalized spacial score (nSPS) is 24.0. The van der Waals surface area contributed by atoms with E-state index < -0.39 is 27.8 Å². The zero-order valence-electron chi connectivity index (χ0n) is 12.7. The number of carbonyl (C=O) groups is 1. The summed E-state index contributed by atoms with van der Waals surface area (Å²) in [5.74, 6) is -1.14. The number of nitrogens with one attached hydrogen (secondary N) is 1. The highest BCUT2D eigenvalue weighted by Gasteiger charge is 2.37. The van der Waals surface area contributed by atoms with Gasteiger partial charge in [-0.05, 0) is 40.3 Å². The molecule has 1 rings (SSSR count). The van der Waals surface area contributed by atoms with Crippen LogP contribution in [-0.2, 0) is 15.0 Å². The Hall–Kier alpha value is -0.740. The van der Waals surface area contributed by atoms with Crippen LogP contribution in [0.5, 0.6) is 0 Å². The highest BCUT2D eigenvalue weighted by molar-refractivity contribution is 7.87. The molecule has 2 unspecified atom stereocenters. The predicted octanol–water partition coefficient (Wildman–Crippen LogP) is -0.927. The van der Waals surface area contributed by atoms with Gasteiger partial charge in [0.15, 0.2) is 0 Å². The van der Waals surface area contributed by atoms with Crippen molar-refractivity contribution in [1.82, 2.24) is 13.9 Å². The molecule has 9 heteroatoms. The molecule has 0 saturated carbocycles. The molecule has 0 radical (unpaired) electrons. The minimum Gasteiger partial charge on any atom is -0.480 e. The Morgan fingerprint density at radius 2 is 2.05 bits per heavy atom. The van der Waals surface area contributed by atoms with E-state index in [1.807, 2.05) is 0 Å². The van der Waals surface area contributed by atoms with E-state index in [2.05, 4.69) is 4.72 Å². The molecule has 0 aromatic rings. The molecule has 1 aliphatic heterocycles. The summed E-state index contributed by atoms with van der Waals surface area (Å²) < 4.78 is 27.8. The second-order valence-electron chi connectivity index (χ2n) is 6.02.